The molecule has 0 aromatic heterocycles. The van der Waals surface area contributed by atoms with Gasteiger partial charge in [-0.15, -0.1) is 0 Å². The van der Waals surface area contributed by atoms with Crippen LogP contribution in [-0.4, -0.2) is 6.54 Å². The van der Waals surface area contributed by atoms with Gasteiger partial charge in [0.1, 0.15) is 0 Å². The van der Waals surface area contributed by atoms with E-state index in [2.05, 4.69) is 10.2 Å². The first-order chi connectivity index (χ1) is 6.79. The first-order valence-electron chi connectivity index (χ1n) is 4.70. The molecule has 0 heterocycles. The van der Waals surface area contributed by atoms with Crippen molar-refractivity contribution in [3.63, 3.8) is 0 Å². The topological polar surface area (TPSA) is 16.4 Å². The molecule has 1 fully saturated rings. The summed E-state index contributed by atoms with van der Waals surface area (Å²) in [5.41, 5.74) is 1.53. The molecule has 0 atom stereocenters. The number of hydrogen-bond acceptors (Lipinski definition) is 1. The lowest BCUT2D eigenvalue weighted by Gasteiger charge is -2.05. The van der Waals surface area contributed by atoms with E-state index in [1.165, 1.54) is 12.8 Å². The first kappa shape index (κ1) is 9.36. The third-order valence-electron chi connectivity index (χ3n) is 2.36. The average Bonchev–Trinajstić information content (AvgIpc) is 2.98. The van der Waals surface area contributed by atoms with Crippen LogP contribution in [0.25, 0.3) is 4.85 Å². The van der Waals surface area contributed by atoms with Gasteiger partial charge in [0.2, 0.25) is 5.69 Å². The Balaban J connectivity index is 2.03. The highest BCUT2D eigenvalue weighted by Crippen LogP contribution is 2.31. The number of benzene rings is 1. The monoisotopic (exact) mass is 206 g/mol. The van der Waals surface area contributed by atoms with Gasteiger partial charge >= 0.3 is 0 Å². The number of nitrogens with zero attached hydrogens (tertiary/aromatic N) is 1. The van der Waals surface area contributed by atoms with Crippen molar-refractivity contribution in [1.82, 2.24) is 0 Å². The molecule has 0 unspecified atom stereocenters. The van der Waals surface area contributed by atoms with Gasteiger partial charge < -0.3 is 5.32 Å². The Labute approximate surface area is 88.7 Å². The fourth-order valence-corrected chi connectivity index (χ4v) is 1.51. The van der Waals surface area contributed by atoms with Crippen LogP contribution >= 0.6 is 11.6 Å². The Morgan fingerprint density at radius 1 is 1.50 bits per heavy atom. The summed E-state index contributed by atoms with van der Waals surface area (Å²) in [7, 11) is 0. The van der Waals surface area contributed by atoms with Crippen molar-refractivity contribution < 1.29 is 0 Å². The molecule has 1 N–H and O–H groups in total. The predicted molar refractivity (Wildman–Crippen MR) is 58.9 cm³/mol. The lowest BCUT2D eigenvalue weighted by atomic mass is 10.2. The second-order valence-electron chi connectivity index (χ2n) is 3.60. The van der Waals surface area contributed by atoms with E-state index in [-0.39, 0.29) is 0 Å². The summed E-state index contributed by atoms with van der Waals surface area (Å²) in [6.07, 6.45) is 2.67. The van der Waals surface area contributed by atoms with E-state index in [1.807, 2.05) is 12.1 Å². The van der Waals surface area contributed by atoms with Gasteiger partial charge in [-0.3, -0.25) is 0 Å². The maximum Gasteiger partial charge on any atom is 0.205 e. The molecular formula is C11H11ClN2. The molecule has 0 spiro atoms. The van der Waals surface area contributed by atoms with Crippen LogP contribution in [-0.2, 0) is 0 Å². The summed E-state index contributed by atoms with van der Waals surface area (Å²) in [4.78, 5) is 3.31. The van der Waals surface area contributed by atoms with E-state index in [4.69, 9.17) is 18.2 Å². The normalized spacial score (nSPS) is 14.9. The summed E-state index contributed by atoms with van der Waals surface area (Å²) < 4.78 is 0. The standard InChI is InChI=1S/C11H11ClN2/c1-13-11-5-4-9(6-10(11)12)14-7-8-2-3-8/h4-6,8,14H,2-3,7H2. The van der Waals surface area contributed by atoms with Gasteiger partial charge in [-0.2, -0.15) is 0 Å². The maximum atomic E-state index is 6.86. The van der Waals surface area contributed by atoms with Gasteiger partial charge in [0, 0.05) is 17.3 Å². The smallest absolute Gasteiger partial charge is 0.205 e. The van der Waals surface area contributed by atoms with Crippen LogP contribution in [0.1, 0.15) is 12.8 Å². The van der Waals surface area contributed by atoms with Crippen molar-refractivity contribution in [2.45, 2.75) is 12.8 Å². The second kappa shape index (κ2) is 3.89. The highest BCUT2D eigenvalue weighted by atomic mass is 35.5. The first-order valence-corrected chi connectivity index (χ1v) is 5.08. The van der Waals surface area contributed by atoms with E-state index in [9.17, 15) is 0 Å². The molecule has 2 rings (SSSR count). The minimum atomic E-state index is 0.517. The van der Waals surface area contributed by atoms with Crippen molar-refractivity contribution in [1.29, 1.82) is 0 Å². The summed E-state index contributed by atoms with van der Waals surface area (Å²) in [5, 5.41) is 3.84. The zero-order valence-corrected chi connectivity index (χ0v) is 8.51. The van der Waals surface area contributed by atoms with Crippen LogP contribution < -0.4 is 5.32 Å². The van der Waals surface area contributed by atoms with Crippen LogP contribution in [0.5, 0.6) is 0 Å². The van der Waals surface area contributed by atoms with Crippen LogP contribution in [0.2, 0.25) is 5.02 Å². The molecule has 1 aliphatic rings. The zero-order valence-electron chi connectivity index (χ0n) is 7.76. The highest BCUT2D eigenvalue weighted by Gasteiger charge is 2.20. The molecule has 2 nitrogen and oxygen atoms in total. The van der Waals surface area contributed by atoms with E-state index in [0.29, 0.717) is 10.7 Å². The molecule has 1 saturated carbocycles. The maximum absolute atomic E-state index is 6.86. The minimum absolute atomic E-state index is 0.517. The number of halogens is 1. The van der Waals surface area contributed by atoms with E-state index in [0.717, 1.165) is 18.2 Å². The molecule has 72 valence electrons. The second-order valence-corrected chi connectivity index (χ2v) is 4.01. The van der Waals surface area contributed by atoms with E-state index >= 15 is 0 Å². The van der Waals surface area contributed by atoms with Gasteiger partial charge in [-0.25, -0.2) is 4.85 Å². The molecule has 3 heteroatoms. The fraction of sp³-hybridized carbons (Fsp3) is 0.364. The predicted octanol–water partition coefficient (Wildman–Crippen LogP) is 3.71. The Morgan fingerprint density at radius 3 is 2.86 bits per heavy atom. The molecular weight excluding hydrogens is 196 g/mol. The van der Waals surface area contributed by atoms with Crippen LogP contribution in [0.4, 0.5) is 11.4 Å². The molecule has 1 aromatic carbocycles. The van der Waals surface area contributed by atoms with E-state index in [1.54, 1.807) is 6.07 Å². The van der Waals surface area contributed by atoms with Crippen molar-refractivity contribution in [3.05, 3.63) is 34.6 Å². The number of anilines is 1. The zero-order chi connectivity index (χ0) is 9.97. The molecule has 1 aliphatic carbocycles. The lowest BCUT2D eigenvalue weighted by molar-refractivity contribution is 0.889. The Kier molecular flexibility index (Phi) is 2.60. The van der Waals surface area contributed by atoms with Crippen molar-refractivity contribution in [2.24, 2.45) is 5.92 Å². The van der Waals surface area contributed by atoms with Crippen LogP contribution in [0, 0.1) is 12.5 Å². The van der Waals surface area contributed by atoms with Crippen molar-refractivity contribution >= 4 is 23.0 Å². The van der Waals surface area contributed by atoms with Crippen molar-refractivity contribution in [3.8, 4) is 0 Å². The van der Waals surface area contributed by atoms with E-state index < -0.39 is 0 Å². The summed E-state index contributed by atoms with van der Waals surface area (Å²) in [6, 6.07) is 5.48. The van der Waals surface area contributed by atoms with Gasteiger partial charge in [0.05, 0.1) is 6.57 Å². The number of hydrogen-bond donors (Lipinski definition) is 1. The van der Waals surface area contributed by atoms with Gasteiger partial charge in [0.25, 0.3) is 0 Å². The third-order valence-corrected chi connectivity index (χ3v) is 2.66. The molecule has 0 bridgehead atoms. The van der Waals surface area contributed by atoms with Crippen molar-refractivity contribution in [2.75, 3.05) is 11.9 Å². The largest absolute Gasteiger partial charge is 0.385 e. The molecule has 0 aliphatic heterocycles. The lowest BCUT2D eigenvalue weighted by Crippen LogP contribution is -2.02. The molecule has 14 heavy (non-hydrogen) atoms. The summed E-state index contributed by atoms with van der Waals surface area (Å²) in [5.74, 6) is 0.842. The summed E-state index contributed by atoms with van der Waals surface area (Å²) in [6.45, 7) is 7.88. The molecule has 1 aromatic rings. The van der Waals surface area contributed by atoms with Gasteiger partial charge in [-0.1, -0.05) is 17.7 Å². The van der Waals surface area contributed by atoms with Gasteiger partial charge in [0.15, 0.2) is 0 Å². The SMILES string of the molecule is [C-]#[N+]c1ccc(NCC2CC2)cc1Cl. The number of nitrogens with one attached hydrogen (secondary N) is 1. The quantitative estimate of drug-likeness (QED) is 0.746. The molecule has 0 radical (unpaired) electrons. The Morgan fingerprint density at radius 2 is 2.29 bits per heavy atom. The average molecular weight is 207 g/mol. The van der Waals surface area contributed by atoms with Gasteiger partial charge in [-0.05, 0) is 30.9 Å². The summed E-state index contributed by atoms with van der Waals surface area (Å²) >= 11 is 5.91. The molecule has 0 amide bonds. The third kappa shape index (κ3) is 2.18. The number of rotatable bonds is 3. The van der Waals surface area contributed by atoms with Crippen LogP contribution in [0.3, 0.4) is 0 Å². The Bertz CT molecular complexity index is 377. The fourth-order valence-electron chi connectivity index (χ4n) is 1.29. The highest BCUT2D eigenvalue weighted by molar-refractivity contribution is 6.33. The molecule has 0 saturated heterocycles. The minimum Gasteiger partial charge on any atom is -0.385 e. The van der Waals surface area contributed by atoms with Crippen LogP contribution in [0.15, 0.2) is 18.2 Å². The Hall–Kier alpha value is -1.20.